The minimum absolute atomic E-state index is 0. The van der Waals surface area contributed by atoms with Crippen molar-refractivity contribution in [3.63, 3.8) is 0 Å². The minimum atomic E-state index is -3.67. The Morgan fingerprint density at radius 1 is 1.29 bits per heavy atom. The second kappa shape index (κ2) is 6.11. The van der Waals surface area contributed by atoms with Gasteiger partial charge in [0.25, 0.3) is 5.92 Å². The Hall–Kier alpha value is -0.200. The Labute approximate surface area is 112 Å². The molecule has 1 aromatic carbocycles. The first-order chi connectivity index (χ1) is 7.31. The molecule has 0 aliphatic heterocycles. The van der Waals surface area contributed by atoms with E-state index in [0.717, 1.165) is 12.1 Å². The number of benzene rings is 1. The highest BCUT2D eigenvalue weighted by molar-refractivity contribution is 6.33. The molecule has 17 heavy (non-hydrogen) atoms. The van der Waals surface area contributed by atoms with Crippen LogP contribution < -0.4 is 5.73 Å². The molecule has 0 aliphatic rings. The largest absolute Gasteiger partial charge is 0.390 e. The highest BCUT2D eigenvalue weighted by Crippen LogP contribution is 2.36. The minimum Gasteiger partial charge on any atom is -0.390 e. The molecule has 1 aromatic rings. The van der Waals surface area contributed by atoms with Crippen molar-refractivity contribution in [1.82, 2.24) is 0 Å². The Morgan fingerprint density at radius 2 is 1.76 bits per heavy atom. The molecule has 2 nitrogen and oxygen atoms in total. The summed E-state index contributed by atoms with van der Waals surface area (Å²) in [6.07, 6.45) is 0. The zero-order chi connectivity index (χ0) is 12.5. The SMILES string of the molecule is Cl.N[C@H](c1c(Cl)ccc(Cl)c1F)C(F)(F)CO. The van der Waals surface area contributed by atoms with Crippen molar-refractivity contribution in [1.29, 1.82) is 0 Å². The van der Waals surface area contributed by atoms with Gasteiger partial charge in [-0.1, -0.05) is 23.2 Å². The van der Waals surface area contributed by atoms with E-state index in [4.69, 9.17) is 34.0 Å². The summed E-state index contributed by atoms with van der Waals surface area (Å²) in [4.78, 5) is 0. The average molecular weight is 311 g/mol. The third-order valence-electron chi connectivity index (χ3n) is 2.06. The van der Waals surface area contributed by atoms with Crippen molar-refractivity contribution in [3.8, 4) is 0 Å². The number of rotatable bonds is 3. The number of aliphatic hydroxyl groups excluding tert-OH is 1. The van der Waals surface area contributed by atoms with Crippen molar-refractivity contribution < 1.29 is 18.3 Å². The van der Waals surface area contributed by atoms with E-state index >= 15 is 0 Å². The number of aliphatic hydroxyl groups is 1. The third-order valence-corrected chi connectivity index (χ3v) is 2.68. The normalized spacial score (nSPS) is 13.1. The van der Waals surface area contributed by atoms with Gasteiger partial charge in [0.2, 0.25) is 0 Å². The van der Waals surface area contributed by atoms with Gasteiger partial charge in [0.15, 0.2) is 0 Å². The van der Waals surface area contributed by atoms with Crippen LogP contribution in [0.25, 0.3) is 0 Å². The van der Waals surface area contributed by atoms with Crippen LogP contribution in [0.4, 0.5) is 13.2 Å². The van der Waals surface area contributed by atoms with E-state index in [9.17, 15) is 13.2 Å². The van der Waals surface area contributed by atoms with Gasteiger partial charge >= 0.3 is 0 Å². The highest BCUT2D eigenvalue weighted by atomic mass is 35.5. The monoisotopic (exact) mass is 309 g/mol. The van der Waals surface area contributed by atoms with Gasteiger partial charge in [-0.25, -0.2) is 13.2 Å². The summed E-state index contributed by atoms with van der Waals surface area (Å²) in [6.45, 7) is -1.50. The van der Waals surface area contributed by atoms with Crippen LogP contribution in [0, 0.1) is 5.82 Å². The van der Waals surface area contributed by atoms with E-state index in [1.165, 1.54) is 0 Å². The van der Waals surface area contributed by atoms with Crippen LogP contribution in [-0.2, 0) is 0 Å². The maximum absolute atomic E-state index is 13.5. The molecule has 0 aliphatic carbocycles. The number of hydrogen-bond donors (Lipinski definition) is 2. The lowest BCUT2D eigenvalue weighted by Crippen LogP contribution is -2.37. The van der Waals surface area contributed by atoms with Crippen molar-refractivity contribution in [2.45, 2.75) is 12.0 Å². The molecule has 0 unspecified atom stereocenters. The number of hydrogen-bond acceptors (Lipinski definition) is 2. The Bertz CT molecular complexity index is 403. The number of alkyl halides is 2. The van der Waals surface area contributed by atoms with Crippen molar-refractivity contribution in [2.75, 3.05) is 6.61 Å². The molecule has 1 atom stereocenters. The van der Waals surface area contributed by atoms with Crippen LogP contribution in [0.5, 0.6) is 0 Å². The van der Waals surface area contributed by atoms with Gasteiger partial charge in [-0.05, 0) is 12.1 Å². The third kappa shape index (κ3) is 3.39. The molecule has 0 fully saturated rings. The average Bonchev–Trinajstić information content (AvgIpc) is 2.24. The zero-order valence-electron chi connectivity index (χ0n) is 8.26. The van der Waals surface area contributed by atoms with Gasteiger partial charge in [0, 0.05) is 10.6 Å². The molecule has 0 bridgehead atoms. The van der Waals surface area contributed by atoms with Crippen LogP contribution in [0.3, 0.4) is 0 Å². The van der Waals surface area contributed by atoms with Crippen LogP contribution in [-0.4, -0.2) is 17.6 Å². The molecule has 0 heterocycles. The molecule has 0 spiro atoms. The predicted molar refractivity (Wildman–Crippen MR) is 62.6 cm³/mol. The van der Waals surface area contributed by atoms with Crippen LogP contribution in [0.1, 0.15) is 11.6 Å². The van der Waals surface area contributed by atoms with Gasteiger partial charge < -0.3 is 10.8 Å². The van der Waals surface area contributed by atoms with Crippen molar-refractivity contribution >= 4 is 35.6 Å². The summed E-state index contributed by atoms with van der Waals surface area (Å²) >= 11 is 11.0. The molecule has 0 radical (unpaired) electrons. The molecule has 8 heteroatoms. The fourth-order valence-corrected chi connectivity index (χ4v) is 1.57. The summed E-state index contributed by atoms with van der Waals surface area (Å²) in [6, 6.07) is 0.242. The molecule has 1 rings (SSSR count). The second-order valence-electron chi connectivity index (χ2n) is 3.15. The Kier molecular flexibility index (Phi) is 6.04. The van der Waals surface area contributed by atoms with E-state index < -0.39 is 30.0 Å². The standard InChI is InChI=1S/C9H8Cl2F3NO.ClH/c10-4-1-2-5(11)7(12)6(4)8(15)9(13,14)3-16;/h1-2,8,16H,3,15H2;1H/t8-;/m1./s1. The maximum Gasteiger partial charge on any atom is 0.289 e. The van der Waals surface area contributed by atoms with E-state index in [2.05, 4.69) is 0 Å². The smallest absolute Gasteiger partial charge is 0.289 e. The summed E-state index contributed by atoms with van der Waals surface area (Å²) in [7, 11) is 0. The molecule has 98 valence electrons. The molecule has 0 saturated heterocycles. The van der Waals surface area contributed by atoms with Crippen LogP contribution in [0.2, 0.25) is 10.0 Å². The molecular formula is C9H9Cl3F3NO. The zero-order valence-corrected chi connectivity index (χ0v) is 10.6. The predicted octanol–water partition coefficient (Wildman–Crippen LogP) is 3.18. The Morgan fingerprint density at radius 3 is 2.24 bits per heavy atom. The van der Waals surface area contributed by atoms with Gasteiger partial charge in [-0.2, -0.15) is 0 Å². The van der Waals surface area contributed by atoms with E-state index in [1.54, 1.807) is 0 Å². The van der Waals surface area contributed by atoms with Gasteiger partial charge in [0.1, 0.15) is 18.5 Å². The van der Waals surface area contributed by atoms with Crippen LogP contribution in [0.15, 0.2) is 12.1 Å². The topological polar surface area (TPSA) is 46.2 Å². The lowest BCUT2D eigenvalue weighted by molar-refractivity contribution is -0.0718. The van der Waals surface area contributed by atoms with Crippen LogP contribution >= 0.6 is 35.6 Å². The Balaban J connectivity index is 0.00000256. The van der Waals surface area contributed by atoms with Gasteiger partial charge in [0.05, 0.1) is 5.02 Å². The quantitative estimate of drug-likeness (QED) is 0.842. The highest BCUT2D eigenvalue weighted by Gasteiger charge is 2.40. The summed E-state index contributed by atoms with van der Waals surface area (Å²) in [5.41, 5.74) is 4.56. The van der Waals surface area contributed by atoms with E-state index in [0.29, 0.717) is 0 Å². The first-order valence-electron chi connectivity index (χ1n) is 4.19. The fraction of sp³-hybridized carbons (Fsp3) is 0.333. The fourth-order valence-electron chi connectivity index (χ4n) is 1.14. The maximum atomic E-state index is 13.5. The summed E-state index contributed by atoms with van der Waals surface area (Å²) in [5.74, 6) is -4.77. The first-order valence-corrected chi connectivity index (χ1v) is 4.94. The first kappa shape index (κ1) is 16.8. The second-order valence-corrected chi connectivity index (χ2v) is 3.97. The number of nitrogens with two attached hydrogens (primary N) is 1. The summed E-state index contributed by atoms with van der Waals surface area (Å²) in [5, 5.41) is 7.83. The summed E-state index contributed by atoms with van der Waals surface area (Å²) < 4.78 is 39.6. The van der Waals surface area contributed by atoms with Crippen molar-refractivity contribution in [2.24, 2.45) is 5.73 Å². The van der Waals surface area contributed by atoms with E-state index in [1.807, 2.05) is 0 Å². The molecule has 3 N–H and O–H groups in total. The lowest BCUT2D eigenvalue weighted by Gasteiger charge is -2.23. The van der Waals surface area contributed by atoms with Crippen molar-refractivity contribution in [3.05, 3.63) is 33.6 Å². The lowest BCUT2D eigenvalue weighted by atomic mass is 10.0. The van der Waals surface area contributed by atoms with E-state index in [-0.39, 0.29) is 22.5 Å². The van der Waals surface area contributed by atoms with Gasteiger partial charge in [-0.3, -0.25) is 0 Å². The van der Waals surface area contributed by atoms with Gasteiger partial charge in [-0.15, -0.1) is 12.4 Å². The molecule has 0 aromatic heterocycles. The molecule has 0 amide bonds. The molecule has 0 saturated carbocycles. The number of halogens is 6. The molecular weight excluding hydrogens is 301 g/mol.